The molecular weight excluding hydrogens is 268 g/mol. The zero-order chi connectivity index (χ0) is 11.7. The van der Waals surface area contributed by atoms with Gasteiger partial charge in [0.15, 0.2) is 0 Å². The first-order valence-corrected chi connectivity index (χ1v) is 7.30. The van der Waals surface area contributed by atoms with E-state index in [4.69, 9.17) is 0 Å². The van der Waals surface area contributed by atoms with Crippen molar-refractivity contribution in [2.75, 3.05) is 13.1 Å². The van der Waals surface area contributed by atoms with Crippen LogP contribution >= 0.6 is 23.7 Å². The quantitative estimate of drug-likeness (QED) is 0.858. The zero-order valence-corrected chi connectivity index (χ0v) is 12.0. The van der Waals surface area contributed by atoms with Crippen molar-refractivity contribution in [3.8, 4) is 0 Å². The normalized spacial score (nSPS) is 23.1. The van der Waals surface area contributed by atoms with E-state index in [1.54, 1.807) is 0 Å². The molecule has 3 heterocycles. The molecule has 2 aliphatic heterocycles. The van der Waals surface area contributed by atoms with Gasteiger partial charge in [0.2, 0.25) is 5.91 Å². The molecule has 1 N–H and O–H groups in total. The minimum atomic E-state index is 0. The van der Waals surface area contributed by atoms with Crippen LogP contribution in [0.25, 0.3) is 0 Å². The SMILES string of the molecule is Cl.O=C([C@H]1CCCCN1)N1CCc2sccc2C1. The highest BCUT2D eigenvalue weighted by Gasteiger charge is 2.28. The summed E-state index contributed by atoms with van der Waals surface area (Å²) in [7, 11) is 0. The number of carbonyl (C=O) groups is 1. The van der Waals surface area contributed by atoms with Crippen molar-refractivity contribution >= 4 is 29.7 Å². The monoisotopic (exact) mass is 286 g/mol. The van der Waals surface area contributed by atoms with E-state index in [1.165, 1.54) is 23.3 Å². The van der Waals surface area contributed by atoms with E-state index >= 15 is 0 Å². The van der Waals surface area contributed by atoms with Gasteiger partial charge in [0.05, 0.1) is 6.04 Å². The average molecular weight is 287 g/mol. The molecule has 0 unspecified atom stereocenters. The Morgan fingerprint density at radius 1 is 1.44 bits per heavy atom. The van der Waals surface area contributed by atoms with Gasteiger partial charge < -0.3 is 10.2 Å². The molecule has 5 heteroatoms. The molecule has 1 saturated heterocycles. The van der Waals surface area contributed by atoms with E-state index in [0.717, 1.165) is 32.5 Å². The maximum atomic E-state index is 12.4. The summed E-state index contributed by atoms with van der Waals surface area (Å²) in [4.78, 5) is 15.8. The predicted molar refractivity (Wildman–Crippen MR) is 76.3 cm³/mol. The van der Waals surface area contributed by atoms with Crippen LogP contribution in [0, 0.1) is 0 Å². The van der Waals surface area contributed by atoms with Gasteiger partial charge in [0, 0.05) is 18.0 Å². The number of piperidine rings is 1. The Hall–Kier alpha value is -0.580. The molecular formula is C13H19ClN2OS. The third-order valence-electron chi connectivity index (χ3n) is 3.73. The van der Waals surface area contributed by atoms with Gasteiger partial charge in [-0.15, -0.1) is 23.7 Å². The minimum Gasteiger partial charge on any atom is -0.337 e. The average Bonchev–Trinajstić information content (AvgIpc) is 2.86. The third-order valence-corrected chi connectivity index (χ3v) is 4.75. The minimum absolute atomic E-state index is 0. The topological polar surface area (TPSA) is 32.3 Å². The molecule has 1 amide bonds. The smallest absolute Gasteiger partial charge is 0.240 e. The Balaban J connectivity index is 0.00000120. The lowest BCUT2D eigenvalue weighted by Gasteiger charge is -2.32. The number of hydrogen-bond donors (Lipinski definition) is 1. The van der Waals surface area contributed by atoms with Crippen LogP contribution in [0.4, 0.5) is 0 Å². The molecule has 1 fully saturated rings. The van der Waals surface area contributed by atoms with Gasteiger partial charge >= 0.3 is 0 Å². The van der Waals surface area contributed by atoms with Crippen LogP contribution in [-0.4, -0.2) is 29.9 Å². The lowest BCUT2D eigenvalue weighted by Crippen LogP contribution is -2.49. The van der Waals surface area contributed by atoms with Crippen molar-refractivity contribution in [1.29, 1.82) is 0 Å². The molecule has 0 aromatic carbocycles. The fourth-order valence-corrected chi connectivity index (χ4v) is 3.61. The molecule has 0 saturated carbocycles. The second-order valence-electron chi connectivity index (χ2n) is 4.88. The van der Waals surface area contributed by atoms with Gasteiger partial charge in [-0.3, -0.25) is 4.79 Å². The Labute approximate surface area is 118 Å². The second kappa shape index (κ2) is 6.04. The molecule has 0 radical (unpaired) electrons. The van der Waals surface area contributed by atoms with Crippen LogP contribution in [0.2, 0.25) is 0 Å². The molecule has 18 heavy (non-hydrogen) atoms. The molecule has 100 valence electrons. The summed E-state index contributed by atoms with van der Waals surface area (Å²) in [5, 5.41) is 5.48. The molecule has 0 bridgehead atoms. The van der Waals surface area contributed by atoms with Crippen molar-refractivity contribution in [1.82, 2.24) is 10.2 Å². The van der Waals surface area contributed by atoms with Crippen molar-refractivity contribution in [2.45, 2.75) is 38.3 Å². The lowest BCUT2D eigenvalue weighted by molar-refractivity contribution is -0.134. The lowest BCUT2D eigenvalue weighted by atomic mass is 10.0. The molecule has 3 nitrogen and oxygen atoms in total. The van der Waals surface area contributed by atoms with E-state index < -0.39 is 0 Å². The highest BCUT2D eigenvalue weighted by molar-refractivity contribution is 7.10. The standard InChI is InChI=1S/C13H18N2OS.ClH/c16-13(11-3-1-2-6-14-11)15-7-4-12-10(9-15)5-8-17-12;/h5,8,11,14H,1-4,6-7,9H2;1H/t11-;/m1./s1. The number of fused-ring (bicyclic) bond motifs is 1. The number of nitrogens with zero attached hydrogens (tertiary/aromatic N) is 1. The number of halogens is 1. The summed E-state index contributed by atoms with van der Waals surface area (Å²) in [6.07, 6.45) is 4.43. The molecule has 1 aromatic heterocycles. The highest BCUT2D eigenvalue weighted by Crippen LogP contribution is 2.25. The predicted octanol–water partition coefficient (Wildman–Crippen LogP) is 2.20. The summed E-state index contributed by atoms with van der Waals surface area (Å²) in [5.41, 5.74) is 1.35. The Morgan fingerprint density at radius 3 is 3.11 bits per heavy atom. The maximum Gasteiger partial charge on any atom is 0.240 e. The fraction of sp³-hybridized carbons (Fsp3) is 0.615. The molecule has 2 aliphatic rings. The Bertz CT molecular complexity index is 415. The number of carbonyl (C=O) groups excluding carboxylic acids is 1. The van der Waals surface area contributed by atoms with E-state index in [1.807, 2.05) is 16.2 Å². The Morgan fingerprint density at radius 2 is 2.33 bits per heavy atom. The van der Waals surface area contributed by atoms with Crippen molar-refractivity contribution < 1.29 is 4.79 Å². The molecule has 0 aliphatic carbocycles. The van der Waals surface area contributed by atoms with Crippen molar-refractivity contribution in [2.24, 2.45) is 0 Å². The Kier molecular flexibility index (Phi) is 4.65. The van der Waals surface area contributed by atoms with Crippen molar-refractivity contribution in [3.05, 3.63) is 21.9 Å². The van der Waals surface area contributed by atoms with Crippen LogP contribution in [0.15, 0.2) is 11.4 Å². The summed E-state index contributed by atoms with van der Waals surface area (Å²) in [6, 6.07) is 2.23. The number of rotatable bonds is 1. The second-order valence-corrected chi connectivity index (χ2v) is 5.88. The number of hydrogen-bond acceptors (Lipinski definition) is 3. The summed E-state index contributed by atoms with van der Waals surface area (Å²) >= 11 is 1.82. The largest absolute Gasteiger partial charge is 0.337 e. The van der Waals surface area contributed by atoms with E-state index in [9.17, 15) is 4.79 Å². The van der Waals surface area contributed by atoms with Gasteiger partial charge in [0.25, 0.3) is 0 Å². The maximum absolute atomic E-state index is 12.4. The third kappa shape index (κ3) is 2.71. The highest BCUT2D eigenvalue weighted by atomic mass is 35.5. The van der Waals surface area contributed by atoms with Gasteiger partial charge in [-0.25, -0.2) is 0 Å². The number of amides is 1. The van der Waals surface area contributed by atoms with E-state index in [-0.39, 0.29) is 18.4 Å². The number of thiophene rings is 1. The van der Waals surface area contributed by atoms with Crippen molar-refractivity contribution in [3.63, 3.8) is 0 Å². The molecule has 1 aromatic rings. The fourth-order valence-electron chi connectivity index (χ4n) is 2.72. The first-order chi connectivity index (χ1) is 8.34. The first kappa shape index (κ1) is 13.8. The van der Waals surface area contributed by atoms with Gasteiger partial charge in [0.1, 0.15) is 0 Å². The first-order valence-electron chi connectivity index (χ1n) is 6.42. The molecule has 3 rings (SSSR count). The summed E-state index contributed by atoms with van der Waals surface area (Å²) in [6.45, 7) is 2.70. The van der Waals surface area contributed by atoms with Crippen LogP contribution in [0.1, 0.15) is 29.7 Å². The summed E-state index contributed by atoms with van der Waals surface area (Å²) in [5.74, 6) is 0.307. The van der Waals surface area contributed by atoms with Gasteiger partial charge in [-0.2, -0.15) is 0 Å². The van der Waals surface area contributed by atoms with E-state index in [2.05, 4.69) is 16.8 Å². The van der Waals surface area contributed by atoms with Crippen LogP contribution in [0.5, 0.6) is 0 Å². The number of nitrogens with one attached hydrogen (secondary N) is 1. The van der Waals surface area contributed by atoms with E-state index in [0.29, 0.717) is 5.91 Å². The van der Waals surface area contributed by atoms with Crippen LogP contribution in [-0.2, 0) is 17.8 Å². The van der Waals surface area contributed by atoms with Crippen LogP contribution in [0.3, 0.4) is 0 Å². The molecule has 0 spiro atoms. The van der Waals surface area contributed by atoms with Gasteiger partial charge in [-0.1, -0.05) is 6.42 Å². The molecule has 1 atom stereocenters. The zero-order valence-electron chi connectivity index (χ0n) is 10.4. The summed E-state index contributed by atoms with van der Waals surface area (Å²) < 4.78 is 0. The van der Waals surface area contributed by atoms with Crippen LogP contribution < -0.4 is 5.32 Å². The van der Waals surface area contributed by atoms with Gasteiger partial charge in [-0.05, 0) is 42.8 Å².